The molecule has 0 spiro atoms. The third-order valence-electron chi connectivity index (χ3n) is 5.89. The van der Waals surface area contributed by atoms with Crippen LogP contribution in [0.1, 0.15) is 16.1 Å². The van der Waals surface area contributed by atoms with Crippen LogP contribution in [0.15, 0.2) is 83.9 Å². The zero-order valence-electron chi connectivity index (χ0n) is 20.1. The standard InChI is InChI=1S/C27H19F4N5O3/c1-39-23-10-5-15(28)13-21(23)34-16-6-8-17(9-7-16)35-26(38)20-14-33-36(24(20)27(29,30)31)22-4-2-3-19-18(22)11-12-32-25(19)37/h2-14,34H,1H3,(H,32,37)(H,35,38). The fraction of sp³-hybridized carbons (Fsp3) is 0.0741. The number of hydrogen-bond acceptors (Lipinski definition) is 5. The van der Waals surface area contributed by atoms with Crippen molar-refractivity contribution in [1.29, 1.82) is 0 Å². The fourth-order valence-corrected chi connectivity index (χ4v) is 4.13. The highest BCUT2D eigenvalue weighted by molar-refractivity contribution is 6.05. The van der Waals surface area contributed by atoms with Crippen LogP contribution in [0, 0.1) is 5.82 Å². The first-order valence-electron chi connectivity index (χ1n) is 11.4. The van der Waals surface area contributed by atoms with E-state index in [-0.39, 0.29) is 22.1 Å². The molecule has 2 heterocycles. The molecule has 5 rings (SSSR count). The van der Waals surface area contributed by atoms with Crippen molar-refractivity contribution < 1.29 is 27.1 Å². The fourth-order valence-electron chi connectivity index (χ4n) is 4.13. The third-order valence-corrected chi connectivity index (χ3v) is 5.89. The molecule has 0 atom stereocenters. The molecule has 39 heavy (non-hydrogen) atoms. The van der Waals surface area contributed by atoms with E-state index in [2.05, 4.69) is 20.7 Å². The highest BCUT2D eigenvalue weighted by atomic mass is 19.4. The predicted molar refractivity (Wildman–Crippen MR) is 137 cm³/mol. The van der Waals surface area contributed by atoms with Crippen LogP contribution in [-0.4, -0.2) is 27.8 Å². The summed E-state index contributed by atoms with van der Waals surface area (Å²) < 4.78 is 62.0. The highest BCUT2D eigenvalue weighted by Crippen LogP contribution is 2.35. The number of nitrogens with zero attached hydrogens (tertiary/aromatic N) is 2. The first-order chi connectivity index (χ1) is 18.7. The number of carbonyl (C=O) groups is 1. The predicted octanol–water partition coefficient (Wildman–Crippen LogP) is 5.88. The van der Waals surface area contributed by atoms with E-state index in [1.165, 1.54) is 67.9 Å². The molecular formula is C27H19F4N5O3. The Labute approximate surface area is 217 Å². The van der Waals surface area contributed by atoms with Gasteiger partial charge in [-0.3, -0.25) is 9.59 Å². The van der Waals surface area contributed by atoms with E-state index >= 15 is 0 Å². The van der Waals surface area contributed by atoms with E-state index in [0.29, 0.717) is 21.8 Å². The second-order valence-corrected chi connectivity index (χ2v) is 8.36. The molecule has 0 aliphatic rings. The van der Waals surface area contributed by atoms with Crippen LogP contribution >= 0.6 is 0 Å². The SMILES string of the molecule is COc1ccc(F)cc1Nc1ccc(NC(=O)c2cnn(-c3cccc4c(=O)[nH]ccc34)c2C(F)(F)F)cc1. The largest absolute Gasteiger partial charge is 0.495 e. The normalized spacial score (nSPS) is 11.4. The van der Waals surface area contributed by atoms with Gasteiger partial charge in [0, 0.05) is 34.4 Å². The monoisotopic (exact) mass is 537 g/mol. The topological polar surface area (TPSA) is 101 Å². The molecule has 1 amide bonds. The van der Waals surface area contributed by atoms with Gasteiger partial charge in [0.05, 0.1) is 30.2 Å². The Bertz CT molecular complexity index is 1740. The van der Waals surface area contributed by atoms with E-state index < -0.39 is 34.7 Å². The van der Waals surface area contributed by atoms with Crippen LogP contribution in [0.2, 0.25) is 0 Å². The van der Waals surface area contributed by atoms with Gasteiger partial charge in [-0.25, -0.2) is 9.07 Å². The number of amides is 1. The molecule has 0 unspecified atom stereocenters. The Morgan fingerprint density at radius 1 is 1.00 bits per heavy atom. The van der Waals surface area contributed by atoms with Crippen molar-refractivity contribution in [3.05, 3.63) is 107 Å². The van der Waals surface area contributed by atoms with Gasteiger partial charge in [-0.1, -0.05) is 6.07 Å². The Morgan fingerprint density at radius 2 is 1.74 bits per heavy atom. The summed E-state index contributed by atoms with van der Waals surface area (Å²) in [4.78, 5) is 27.6. The van der Waals surface area contributed by atoms with Gasteiger partial charge in [-0.05, 0) is 54.6 Å². The van der Waals surface area contributed by atoms with E-state index in [0.717, 1.165) is 6.20 Å². The number of benzene rings is 3. The lowest BCUT2D eigenvalue weighted by Gasteiger charge is -2.14. The molecule has 0 fully saturated rings. The lowest BCUT2D eigenvalue weighted by atomic mass is 10.1. The minimum absolute atomic E-state index is 0.00632. The number of aromatic nitrogens is 3. The van der Waals surface area contributed by atoms with Crippen LogP contribution in [0.25, 0.3) is 16.5 Å². The number of carbonyl (C=O) groups excluding carboxylic acids is 1. The van der Waals surface area contributed by atoms with Crippen molar-refractivity contribution >= 4 is 33.7 Å². The smallest absolute Gasteiger partial charge is 0.434 e. The first-order valence-corrected chi connectivity index (χ1v) is 11.4. The van der Waals surface area contributed by atoms with Crippen LogP contribution in [0.5, 0.6) is 5.75 Å². The summed E-state index contributed by atoms with van der Waals surface area (Å²) in [7, 11) is 1.44. The van der Waals surface area contributed by atoms with Gasteiger partial charge in [0.1, 0.15) is 11.6 Å². The molecule has 12 heteroatoms. The second kappa shape index (κ2) is 9.97. The summed E-state index contributed by atoms with van der Waals surface area (Å²) >= 11 is 0. The molecule has 3 N–H and O–H groups in total. The van der Waals surface area contributed by atoms with Crippen molar-refractivity contribution in [2.45, 2.75) is 6.18 Å². The number of alkyl halides is 3. The Morgan fingerprint density at radius 3 is 2.46 bits per heavy atom. The number of methoxy groups -OCH3 is 1. The van der Waals surface area contributed by atoms with Crippen molar-refractivity contribution in [1.82, 2.24) is 14.8 Å². The van der Waals surface area contributed by atoms with Crippen molar-refractivity contribution in [3.8, 4) is 11.4 Å². The van der Waals surface area contributed by atoms with Crippen molar-refractivity contribution in [3.63, 3.8) is 0 Å². The quantitative estimate of drug-likeness (QED) is 0.235. The molecule has 0 radical (unpaired) electrons. The number of halogens is 4. The maximum absolute atomic E-state index is 14.2. The van der Waals surface area contributed by atoms with Crippen molar-refractivity contribution in [2.24, 2.45) is 0 Å². The molecular weight excluding hydrogens is 518 g/mol. The summed E-state index contributed by atoms with van der Waals surface area (Å²) in [5.41, 5.74) is -1.36. The molecule has 0 aliphatic heterocycles. The van der Waals surface area contributed by atoms with Gasteiger partial charge in [0.2, 0.25) is 0 Å². The molecule has 0 saturated carbocycles. The summed E-state index contributed by atoms with van der Waals surface area (Å²) in [5.74, 6) is -1.10. The van der Waals surface area contributed by atoms with Gasteiger partial charge in [-0.2, -0.15) is 18.3 Å². The number of fused-ring (bicyclic) bond motifs is 1. The maximum Gasteiger partial charge on any atom is 0.434 e. The van der Waals surface area contributed by atoms with E-state index in [9.17, 15) is 27.2 Å². The summed E-state index contributed by atoms with van der Waals surface area (Å²) in [6, 6.07) is 15.8. The Hall–Kier alpha value is -5.13. The number of H-pyrrole nitrogens is 1. The zero-order chi connectivity index (χ0) is 27.7. The van der Waals surface area contributed by atoms with Gasteiger partial charge >= 0.3 is 6.18 Å². The zero-order valence-corrected chi connectivity index (χ0v) is 20.1. The van der Waals surface area contributed by atoms with Gasteiger partial charge in [0.15, 0.2) is 5.69 Å². The minimum atomic E-state index is -4.94. The Kier molecular flexibility index (Phi) is 6.52. The molecule has 0 aliphatic carbocycles. The lowest BCUT2D eigenvalue weighted by molar-refractivity contribution is -0.143. The number of rotatable bonds is 6. The highest BCUT2D eigenvalue weighted by Gasteiger charge is 2.41. The van der Waals surface area contributed by atoms with Crippen LogP contribution in [0.4, 0.5) is 34.6 Å². The number of aromatic amines is 1. The summed E-state index contributed by atoms with van der Waals surface area (Å²) in [5, 5.41) is 9.69. The number of hydrogen-bond donors (Lipinski definition) is 3. The minimum Gasteiger partial charge on any atom is -0.495 e. The lowest BCUT2D eigenvalue weighted by Crippen LogP contribution is -2.21. The summed E-state index contributed by atoms with van der Waals surface area (Å²) in [6.45, 7) is 0. The number of nitrogens with one attached hydrogen (secondary N) is 3. The van der Waals surface area contributed by atoms with E-state index in [1.54, 1.807) is 12.1 Å². The maximum atomic E-state index is 14.2. The van der Waals surface area contributed by atoms with Crippen LogP contribution in [-0.2, 0) is 6.18 Å². The molecule has 2 aromatic heterocycles. The third kappa shape index (κ3) is 5.04. The molecule has 5 aromatic rings. The Balaban J connectivity index is 1.44. The summed E-state index contributed by atoms with van der Waals surface area (Å²) in [6.07, 6.45) is -2.79. The van der Waals surface area contributed by atoms with E-state index in [1.807, 2.05) is 0 Å². The van der Waals surface area contributed by atoms with Gasteiger partial charge in [0.25, 0.3) is 11.5 Å². The van der Waals surface area contributed by atoms with Crippen LogP contribution in [0.3, 0.4) is 0 Å². The molecule has 0 bridgehead atoms. The second-order valence-electron chi connectivity index (χ2n) is 8.36. The molecule has 3 aromatic carbocycles. The molecule has 198 valence electrons. The first kappa shape index (κ1) is 25.5. The van der Waals surface area contributed by atoms with Gasteiger partial charge < -0.3 is 20.4 Å². The average Bonchev–Trinajstić information content (AvgIpc) is 3.36. The van der Waals surface area contributed by atoms with Crippen LogP contribution < -0.4 is 20.9 Å². The number of ether oxygens (including phenoxy) is 1. The number of anilines is 3. The molecule has 0 saturated heterocycles. The van der Waals surface area contributed by atoms with E-state index in [4.69, 9.17) is 4.74 Å². The van der Waals surface area contributed by atoms with Gasteiger partial charge in [-0.15, -0.1) is 0 Å². The number of pyridine rings is 1. The van der Waals surface area contributed by atoms with Crippen molar-refractivity contribution in [2.75, 3.05) is 17.7 Å². The molecule has 8 nitrogen and oxygen atoms in total. The average molecular weight is 537 g/mol.